The minimum Gasteiger partial charge on any atom is -0.353 e. The number of nitrogens with zero attached hydrogens (tertiary/aromatic N) is 3. The van der Waals surface area contributed by atoms with Crippen LogP contribution in [0.2, 0.25) is 0 Å². The molecular formula is C29H23FN6O. The molecule has 0 aliphatic rings. The quantitative estimate of drug-likeness (QED) is 0.252. The minimum atomic E-state index is -0.307. The van der Waals surface area contributed by atoms with E-state index in [-0.39, 0.29) is 11.7 Å². The maximum atomic E-state index is 13.9. The molecule has 0 bridgehead atoms. The second-order valence-corrected chi connectivity index (χ2v) is 9.00. The Morgan fingerprint density at radius 2 is 1.86 bits per heavy atom. The van der Waals surface area contributed by atoms with E-state index in [1.165, 1.54) is 12.1 Å². The summed E-state index contributed by atoms with van der Waals surface area (Å²) in [7, 11) is 0. The lowest BCUT2D eigenvalue weighted by Crippen LogP contribution is -2.09. The number of aromatic nitrogens is 5. The predicted molar refractivity (Wildman–Crippen MR) is 143 cm³/mol. The Labute approximate surface area is 211 Å². The molecule has 2 aromatic carbocycles. The number of pyridine rings is 2. The average Bonchev–Trinajstić information content (AvgIpc) is 3.51. The van der Waals surface area contributed by atoms with Crippen LogP contribution in [0.4, 0.5) is 10.1 Å². The summed E-state index contributed by atoms with van der Waals surface area (Å²) in [5, 5.41) is 12.2. The summed E-state index contributed by atoms with van der Waals surface area (Å²) in [5.41, 5.74) is 8.13. The standard InChI is InChI=1S/C29H23FN6O/c1-3-26(37)33-21-10-16(2)9-18(12-21)19-13-23-28(35-36-29(23)32-15-19)25-14-22-24(34-25)7-8-31-27(22)17-5-4-6-20(30)11-17/h4-15,34H,3H2,1-2H3,(H,33,37)(H,32,35,36). The number of rotatable bonds is 5. The summed E-state index contributed by atoms with van der Waals surface area (Å²) in [6, 6.07) is 18.3. The highest BCUT2D eigenvalue weighted by Gasteiger charge is 2.16. The number of fused-ring (bicyclic) bond motifs is 2. The third-order valence-electron chi connectivity index (χ3n) is 6.34. The fraction of sp³-hybridized carbons (Fsp3) is 0.103. The van der Waals surface area contributed by atoms with Gasteiger partial charge in [0.15, 0.2) is 5.65 Å². The van der Waals surface area contributed by atoms with Crippen molar-refractivity contribution in [1.29, 1.82) is 0 Å². The number of carbonyl (C=O) groups excluding carboxylic acids is 1. The Balaban J connectivity index is 1.44. The lowest BCUT2D eigenvalue weighted by atomic mass is 10.0. The zero-order valence-corrected chi connectivity index (χ0v) is 20.3. The molecule has 6 aromatic rings. The van der Waals surface area contributed by atoms with Gasteiger partial charge in [0.05, 0.1) is 17.1 Å². The summed E-state index contributed by atoms with van der Waals surface area (Å²) < 4.78 is 13.9. The molecule has 0 atom stereocenters. The first-order chi connectivity index (χ1) is 18.0. The van der Waals surface area contributed by atoms with Crippen molar-refractivity contribution in [3.05, 3.63) is 84.4 Å². The number of nitrogens with one attached hydrogen (secondary N) is 3. The van der Waals surface area contributed by atoms with Crippen LogP contribution in [-0.4, -0.2) is 31.1 Å². The second kappa shape index (κ2) is 8.98. The topological polar surface area (TPSA) is 99.3 Å². The smallest absolute Gasteiger partial charge is 0.224 e. The molecule has 0 aliphatic carbocycles. The first-order valence-electron chi connectivity index (χ1n) is 12.0. The van der Waals surface area contributed by atoms with Gasteiger partial charge in [-0.1, -0.05) is 25.1 Å². The zero-order valence-electron chi connectivity index (χ0n) is 20.3. The molecule has 182 valence electrons. The van der Waals surface area contributed by atoms with Crippen molar-refractivity contribution >= 4 is 33.5 Å². The number of hydrogen-bond donors (Lipinski definition) is 3. The van der Waals surface area contributed by atoms with E-state index in [9.17, 15) is 9.18 Å². The Hall–Kier alpha value is -4.85. The van der Waals surface area contributed by atoms with Gasteiger partial charge in [-0.25, -0.2) is 9.37 Å². The summed E-state index contributed by atoms with van der Waals surface area (Å²) >= 11 is 0. The van der Waals surface area contributed by atoms with Crippen LogP contribution < -0.4 is 5.32 Å². The van der Waals surface area contributed by atoms with E-state index in [0.29, 0.717) is 23.3 Å². The van der Waals surface area contributed by atoms with Crippen molar-refractivity contribution in [2.24, 2.45) is 0 Å². The molecule has 0 fully saturated rings. The molecule has 0 spiro atoms. The summed E-state index contributed by atoms with van der Waals surface area (Å²) in [6.07, 6.45) is 3.90. The van der Waals surface area contributed by atoms with Gasteiger partial charge >= 0.3 is 0 Å². The van der Waals surface area contributed by atoms with E-state index < -0.39 is 0 Å². The molecule has 3 N–H and O–H groups in total. The van der Waals surface area contributed by atoms with Crippen molar-refractivity contribution in [2.75, 3.05) is 5.32 Å². The average molecular weight is 491 g/mol. The molecule has 0 unspecified atom stereocenters. The highest BCUT2D eigenvalue weighted by Crippen LogP contribution is 2.34. The van der Waals surface area contributed by atoms with Crippen LogP contribution in [0.25, 0.3) is 55.7 Å². The van der Waals surface area contributed by atoms with Crippen molar-refractivity contribution in [2.45, 2.75) is 20.3 Å². The van der Waals surface area contributed by atoms with Crippen LogP contribution in [0.3, 0.4) is 0 Å². The van der Waals surface area contributed by atoms with Crippen molar-refractivity contribution in [3.63, 3.8) is 0 Å². The Kier molecular flexibility index (Phi) is 5.49. The van der Waals surface area contributed by atoms with Gasteiger partial charge in [0.1, 0.15) is 5.82 Å². The number of H-pyrrole nitrogens is 2. The highest BCUT2D eigenvalue weighted by atomic mass is 19.1. The summed E-state index contributed by atoms with van der Waals surface area (Å²) in [4.78, 5) is 24.5. The Bertz CT molecular complexity index is 1800. The molecule has 4 aromatic heterocycles. The zero-order chi connectivity index (χ0) is 25.5. The molecule has 0 radical (unpaired) electrons. The number of halogens is 1. The normalized spacial score (nSPS) is 11.3. The molecule has 0 aliphatic heterocycles. The minimum absolute atomic E-state index is 0.0341. The molecular weight excluding hydrogens is 467 g/mol. The van der Waals surface area contributed by atoms with Gasteiger partial charge in [-0.15, -0.1) is 0 Å². The predicted octanol–water partition coefficient (Wildman–Crippen LogP) is 6.63. The van der Waals surface area contributed by atoms with Crippen LogP contribution in [0.1, 0.15) is 18.9 Å². The van der Waals surface area contributed by atoms with Gasteiger partial charge in [0.25, 0.3) is 0 Å². The van der Waals surface area contributed by atoms with Gasteiger partial charge in [0.2, 0.25) is 5.91 Å². The molecule has 7 nitrogen and oxygen atoms in total. The molecule has 37 heavy (non-hydrogen) atoms. The van der Waals surface area contributed by atoms with Crippen LogP contribution in [0.15, 0.2) is 73.1 Å². The summed E-state index contributed by atoms with van der Waals surface area (Å²) in [6.45, 7) is 3.82. The number of amides is 1. The third kappa shape index (κ3) is 4.23. The van der Waals surface area contributed by atoms with E-state index in [1.54, 1.807) is 18.5 Å². The van der Waals surface area contributed by atoms with E-state index in [2.05, 4.69) is 36.5 Å². The number of aromatic amines is 2. The van der Waals surface area contributed by atoms with E-state index >= 15 is 0 Å². The van der Waals surface area contributed by atoms with Gasteiger partial charge in [-0.2, -0.15) is 5.10 Å². The lowest BCUT2D eigenvalue weighted by molar-refractivity contribution is -0.115. The summed E-state index contributed by atoms with van der Waals surface area (Å²) in [5.74, 6) is -0.341. The monoisotopic (exact) mass is 490 g/mol. The van der Waals surface area contributed by atoms with Gasteiger partial charge in [-0.3, -0.25) is 14.9 Å². The number of aryl methyl sites for hydroxylation is 1. The second-order valence-electron chi connectivity index (χ2n) is 9.00. The SMILES string of the molecule is CCC(=O)Nc1cc(C)cc(-c2cnc3n[nH]c(-c4cc5c(-c6cccc(F)c6)nccc5[nH]4)c3c2)c1. The van der Waals surface area contributed by atoms with Crippen molar-refractivity contribution < 1.29 is 9.18 Å². The maximum absolute atomic E-state index is 13.9. The largest absolute Gasteiger partial charge is 0.353 e. The van der Waals surface area contributed by atoms with Crippen molar-refractivity contribution in [1.82, 2.24) is 25.1 Å². The van der Waals surface area contributed by atoms with Gasteiger partial charge in [-0.05, 0) is 60.5 Å². The molecule has 6 rings (SSSR count). The number of anilines is 1. The fourth-order valence-corrected chi connectivity index (χ4v) is 4.59. The molecule has 0 saturated heterocycles. The van der Waals surface area contributed by atoms with Crippen LogP contribution >= 0.6 is 0 Å². The Morgan fingerprint density at radius 3 is 2.70 bits per heavy atom. The lowest BCUT2D eigenvalue weighted by Gasteiger charge is -2.09. The van der Waals surface area contributed by atoms with Crippen LogP contribution in [0, 0.1) is 12.7 Å². The first-order valence-corrected chi connectivity index (χ1v) is 12.0. The fourth-order valence-electron chi connectivity index (χ4n) is 4.59. The molecule has 0 saturated carbocycles. The van der Waals surface area contributed by atoms with Gasteiger partial charge in [0, 0.05) is 51.9 Å². The highest BCUT2D eigenvalue weighted by molar-refractivity contribution is 6.00. The Morgan fingerprint density at radius 1 is 0.973 bits per heavy atom. The third-order valence-corrected chi connectivity index (χ3v) is 6.34. The van der Waals surface area contributed by atoms with Gasteiger partial charge < -0.3 is 10.3 Å². The first kappa shape index (κ1) is 22.6. The van der Waals surface area contributed by atoms with E-state index in [4.69, 9.17) is 0 Å². The number of benzene rings is 2. The number of hydrogen-bond acceptors (Lipinski definition) is 4. The van der Waals surface area contributed by atoms with Crippen LogP contribution in [0.5, 0.6) is 0 Å². The molecule has 8 heteroatoms. The van der Waals surface area contributed by atoms with E-state index in [1.807, 2.05) is 50.2 Å². The van der Waals surface area contributed by atoms with Crippen molar-refractivity contribution in [3.8, 4) is 33.8 Å². The maximum Gasteiger partial charge on any atom is 0.224 e. The molecule has 4 heterocycles. The van der Waals surface area contributed by atoms with E-state index in [0.717, 1.165) is 50.1 Å². The number of carbonyl (C=O) groups is 1. The van der Waals surface area contributed by atoms with Crippen LogP contribution in [-0.2, 0) is 4.79 Å². The molecule has 1 amide bonds.